The molecule has 2 aromatic rings. The third-order valence-corrected chi connectivity index (χ3v) is 4.63. The van der Waals surface area contributed by atoms with Crippen molar-refractivity contribution in [1.82, 2.24) is 15.6 Å². The molecule has 2 heterocycles. The number of nitrogens with one attached hydrogen (secondary N) is 3. The van der Waals surface area contributed by atoms with Gasteiger partial charge in [-0.1, -0.05) is 0 Å². The quantitative estimate of drug-likeness (QED) is 0.557. The van der Waals surface area contributed by atoms with Gasteiger partial charge in [0.05, 0.1) is 12.1 Å². The zero-order valence-electron chi connectivity index (χ0n) is 15.0. The first kappa shape index (κ1) is 17.7. The Bertz CT molecular complexity index is 734. The summed E-state index contributed by atoms with van der Waals surface area (Å²) in [4.78, 5) is 7.85. The van der Waals surface area contributed by atoms with E-state index in [0.29, 0.717) is 6.54 Å². The number of fused-ring (bicyclic) bond motifs is 1. The van der Waals surface area contributed by atoms with E-state index >= 15 is 0 Å². The number of aliphatic imine (C=N–C) groups is 1. The lowest BCUT2D eigenvalue weighted by molar-refractivity contribution is 0.0283. The number of aromatic nitrogens is 1. The number of H-pyrrole nitrogens is 1. The normalized spacial score (nSPS) is 21.0. The number of aromatic amines is 1. The molecule has 0 saturated carbocycles. The lowest BCUT2D eigenvalue weighted by Gasteiger charge is -2.21. The minimum atomic E-state index is -0.207. The Kier molecular flexibility index (Phi) is 5.58. The fourth-order valence-electron chi connectivity index (χ4n) is 3.22. The van der Waals surface area contributed by atoms with Crippen LogP contribution in [-0.4, -0.2) is 42.8 Å². The van der Waals surface area contributed by atoms with Crippen molar-refractivity contribution in [1.29, 1.82) is 0 Å². The van der Waals surface area contributed by atoms with E-state index in [4.69, 9.17) is 4.74 Å². The van der Waals surface area contributed by atoms with Gasteiger partial charge in [0.15, 0.2) is 5.96 Å². The van der Waals surface area contributed by atoms with Crippen molar-refractivity contribution in [3.8, 4) is 0 Å². The maximum absolute atomic E-state index is 13.5. The SMILES string of the molecule is CCNC(=NCC1(C)CCCO1)NCCc1c[nH]c2ccc(F)cc12. The second kappa shape index (κ2) is 7.87. The summed E-state index contributed by atoms with van der Waals surface area (Å²) in [5.41, 5.74) is 1.92. The van der Waals surface area contributed by atoms with Gasteiger partial charge in [0.1, 0.15) is 5.82 Å². The molecule has 1 atom stereocenters. The first-order valence-electron chi connectivity index (χ1n) is 9.01. The number of hydrogen-bond donors (Lipinski definition) is 3. The molecule has 1 fully saturated rings. The van der Waals surface area contributed by atoms with Gasteiger partial charge in [-0.05, 0) is 56.9 Å². The number of nitrogens with zero attached hydrogens (tertiary/aromatic N) is 1. The highest BCUT2D eigenvalue weighted by Gasteiger charge is 2.29. The van der Waals surface area contributed by atoms with E-state index in [9.17, 15) is 4.39 Å². The average molecular weight is 346 g/mol. The van der Waals surface area contributed by atoms with Crippen LogP contribution in [0, 0.1) is 5.82 Å². The molecule has 5 nitrogen and oxygen atoms in total. The molecule has 3 rings (SSSR count). The molecule has 1 aliphatic rings. The fourth-order valence-corrected chi connectivity index (χ4v) is 3.22. The number of hydrogen-bond acceptors (Lipinski definition) is 2. The standard InChI is InChI=1S/C19H27FN4O/c1-3-21-18(24-13-19(2)8-4-10-25-19)22-9-7-14-12-23-17-6-5-15(20)11-16(14)17/h5-6,11-12,23H,3-4,7-10,13H2,1-2H3,(H2,21,22,24). The van der Waals surface area contributed by atoms with Crippen molar-refractivity contribution in [2.24, 2.45) is 4.99 Å². The van der Waals surface area contributed by atoms with Gasteiger partial charge < -0.3 is 20.4 Å². The van der Waals surface area contributed by atoms with Crippen molar-refractivity contribution in [2.45, 2.75) is 38.7 Å². The maximum atomic E-state index is 13.5. The average Bonchev–Trinajstić information content (AvgIpc) is 3.20. The Labute approximate surface area is 148 Å². The molecular weight excluding hydrogens is 319 g/mol. The molecule has 0 amide bonds. The third kappa shape index (κ3) is 4.51. The van der Waals surface area contributed by atoms with E-state index in [-0.39, 0.29) is 11.4 Å². The van der Waals surface area contributed by atoms with Gasteiger partial charge in [-0.2, -0.15) is 0 Å². The summed E-state index contributed by atoms with van der Waals surface area (Å²) in [6.45, 7) is 7.18. The summed E-state index contributed by atoms with van der Waals surface area (Å²) < 4.78 is 19.2. The van der Waals surface area contributed by atoms with Gasteiger partial charge in [-0.25, -0.2) is 4.39 Å². The first-order valence-corrected chi connectivity index (χ1v) is 9.01. The van der Waals surface area contributed by atoms with E-state index in [1.807, 2.05) is 13.1 Å². The molecule has 25 heavy (non-hydrogen) atoms. The van der Waals surface area contributed by atoms with Crippen molar-refractivity contribution in [2.75, 3.05) is 26.2 Å². The molecule has 1 aliphatic heterocycles. The highest BCUT2D eigenvalue weighted by Crippen LogP contribution is 2.25. The highest BCUT2D eigenvalue weighted by molar-refractivity contribution is 5.83. The van der Waals surface area contributed by atoms with Crippen molar-refractivity contribution in [3.63, 3.8) is 0 Å². The molecule has 3 N–H and O–H groups in total. The van der Waals surface area contributed by atoms with Crippen LogP contribution in [0.1, 0.15) is 32.3 Å². The molecule has 136 valence electrons. The smallest absolute Gasteiger partial charge is 0.191 e. The lowest BCUT2D eigenvalue weighted by Crippen LogP contribution is -2.40. The fraction of sp³-hybridized carbons (Fsp3) is 0.526. The monoisotopic (exact) mass is 346 g/mol. The minimum Gasteiger partial charge on any atom is -0.373 e. The van der Waals surface area contributed by atoms with Crippen LogP contribution in [0.4, 0.5) is 4.39 Å². The molecule has 1 aromatic carbocycles. The maximum Gasteiger partial charge on any atom is 0.191 e. The van der Waals surface area contributed by atoms with Gasteiger partial charge >= 0.3 is 0 Å². The van der Waals surface area contributed by atoms with Crippen LogP contribution in [0.15, 0.2) is 29.4 Å². The molecule has 1 aromatic heterocycles. The van der Waals surface area contributed by atoms with E-state index in [1.54, 1.807) is 12.1 Å². The Hall–Kier alpha value is -2.08. The van der Waals surface area contributed by atoms with Crippen molar-refractivity contribution in [3.05, 3.63) is 35.8 Å². The minimum absolute atomic E-state index is 0.142. The van der Waals surface area contributed by atoms with Gasteiger partial charge in [0, 0.05) is 36.8 Å². The summed E-state index contributed by atoms with van der Waals surface area (Å²) in [5.74, 6) is 0.589. The zero-order valence-corrected chi connectivity index (χ0v) is 15.0. The molecule has 0 radical (unpaired) electrons. The summed E-state index contributed by atoms with van der Waals surface area (Å²) in [6, 6.07) is 4.83. The first-order chi connectivity index (χ1) is 12.1. The van der Waals surface area contributed by atoms with E-state index in [0.717, 1.165) is 61.4 Å². The highest BCUT2D eigenvalue weighted by atomic mass is 19.1. The molecule has 0 aliphatic carbocycles. The topological polar surface area (TPSA) is 61.4 Å². The van der Waals surface area contributed by atoms with Crippen molar-refractivity contribution >= 4 is 16.9 Å². The van der Waals surface area contributed by atoms with Crippen LogP contribution >= 0.6 is 0 Å². The third-order valence-electron chi connectivity index (χ3n) is 4.63. The predicted molar refractivity (Wildman–Crippen MR) is 99.5 cm³/mol. The molecule has 0 bridgehead atoms. The summed E-state index contributed by atoms with van der Waals surface area (Å²) in [7, 11) is 0. The van der Waals surface area contributed by atoms with E-state index in [1.165, 1.54) is 6.07 Å². The van der Waals surface area contributed by atoms with Crippen LogP contribution in [0.3, 0.4) is 0 Å². The number of guanidine groups is 1. The Balaban J connectivity index is 1.58. The van der Waals surface area contributed by atoms with Gasteiger partial charge in [-0.3, -0.25) is 4.99 Å². The lowest BCUT2D eigenvalue weighted by atomic mass is 10.0. The number of ether oxygens (including phenoxy) is 1. The number of benzene rings is 1. The van der Waals surface area contributed by atoms with Gasteiger partial charge in [0.2, 0.25) is 0 Å². The van der Waals surface area contributed by atoms with E-state index < -0.39 is 0 Å². The van der Waals surface area contributed by atoms with Crippen LogP contribution in [0.2, 0.25) is 0 Å². The molecule has 1 unspecified atom stereocenters. The van der Waals surface area contributed by atoms with E-state index in [2.05, 4.69) is 27.5 Å². The Morgan fingerprint density at radius 1 is 1.40 bits per heavy atom. The zero-order chi connectivity index (χ0) is 17.7. The predicted octanol–water partition coefficient (Wildman–Crippen LogP) is 2.97. The van der Waals surface area contributed by atoms with Gasteiger partial charge in [0.25, 0.3) is 0 Å². The number of halogens is 1. The van der Waals surface area contributed by atoms with Crippen LogP contribution in [-0.2, 0) is 11.2 Å². The molecule has 1 saturated heterocycles. The van der Waals surface area contributed by atoms with Crippen LogP contribution in [0.25, 0.3) is 10.9 Å². The second-order valence-corrected chi connectivity index (χ2v) is 6.78. The Morgan fingerprint density at radius 2 is 2.28 bits per heavy atom. The van der Waals surface area contributed by atoms with Crippen LogP contribution in [0.5, 0.6) is 0 Å². The second-order valence-electron chi connectivity index (χ2n) is 6.78. The largest absolute Gasteiger partial charge is 0.373 e. The Morgan fingerprint density at radius 3 is 3.04 bits per heavy atom. The molecule has 0 spiro atoms. The molecule has 6 heteroatoms. The summed E-state index contributed by atoms with van der Waals surface area (Å²) in [5, 5.41) is 7.56. The summed E-state index contributed by atoms with van der Waals surface area (Å²) in [6.07, 6.45) is 4.90. The number of rotatable bonds is 6. The van der Waals surface area contributed by atoms with Gasteiger partial charge in [-0.15, -0.1) is 0 Å². The van der Waals surface area contributed by atoms with Crippen molar-refractivity contribution < 1.29 is 9.13 Å². The van der Waals surface area contributed by atoms with Crippen LogP contribution < -0.4 is 10.6 Å². The molecular formula is C19H27FN4O. The summed E-state index contributed by atoms with van der Waals surface area (Å²) >= 11 is 0.